The van der Waals surface area contributed by atoms with Crippen LogP contribution in [0.2, 0.25) is 366 Å². The number of carbonyl (C=O) groups is 2. The maximum Gasteiger partial charge on any atom is 0.513 e. The van der Waals surface area contributed by atoms with Crippen LogP contribution in [-0.2, 0) is 126 Å². The second kappa shape index (κ2) is 49.2. The smallest absolute Gasteiger partial charge is 0.437 e. The highest BCUT2D eigenvalue weighted by atomic mass is 28.6. The van der Waals surface area contributed by atoms with Gasteiger partial charge in [-0.15, -0.1) is 0 Å². The number of ether oxygens (including phenoxy) is 4. The molecule has 0 spiro atoms. The largest absolute Gasteiger partial charge is 0.513 e. The summed E-state index contributed by atoms with van der Waals surface area (Å²) in [6, 6.07) is 0.886. The Labute approximate surface area is 803 Å². The lowest BCUT2D eigenvalue weighted by molar-refractivity contribution is 0.0836. The normalized spacial score (nSPS) is 15.1. The number of hydrogen-bond donors (Lipinski definition) is 0. The molecular weight excluding hydrogens is 2090 g/mol. The molecule has 0 radical (unpaired) electrons. The zero-order valence-electron chi connectivity index (χ0n) is 91.0. The molecule has 0 saturated heterocycles. The topological polar surface area (TPSA) is 311 Å². The highest BCUT2D eigenvalue weighted by molar-refractivity contribution is 6.98. The molecular formula is C68H188O32Si27. The molecule has 760 valence electrons. The zero-order valence-corrected chi connectivity index (χ0v) is 118. The second-order valence-corrected chi connectivity index (χ2v) is 144. The van der Waals surface area contributed by atoms with Crippen LogP contribution in [0.25, 0.3) is 0 Å². The van der Waals surface area contributed by atoms with Crippen molar-refractivity contribution in [3.8, 4) is 0 Å². The SMILES string of the molecule is C=COC(=O)OC.C=COC(=O)OCCCC[Si](C)(C)O[Si](C)(C)O[Si](C)(C)O[Si](C)(C)O[Si](C)(C)O[Si](C)(C)O[Si](C)(C)O[Si](C)(C)O[Si](C)(C)O[Si](C)(C)O[Si](C)(C)O[Si](C)(C)O[Si](C)(C)O[Si](C)(C)O[Si](C)(C)O[Si](C)(C)O[Si](C)(C)O[Si](C)(C)O[Si](C)(C)O[Si](C)(C)O[Si](C)(C)O[Si](C)(C)O[Si](C)(C)O[Si](C)(C)O[Si](C)(C)O[Si](C)(C)O[Si](C)(C)C.CC. The van der Waals surface area contributed by atoms with E-state index in [2.05, 4.69) is 243 Å². The van der Waals surface area contributed by atoms with Crippen LogP contribution >= 0.6 is 0 Å². The maximum absolute atomic E-state index is 11.5. The van der Waals surface area contributed by atoms with Gasteiger partial charge in [0.2, 0.25) is 0 Å². The average molecular weight is 2280 g/mol. The van der Waals surface area contributed by atoms with Gasteiger partial charge in [-0.3, -0.25) is 0 Å². The van der Waals surface area contributed by atoms with Crippen molar-refractivity contribution in [3.05, 3.63) is 25.7 Å². The van der Waals surface area contributed by atoms with Crippen LogP contribution in [0.3, 0.4) is 0 Å². The number of unbranched alkanes of at least 4 members (excludes halogenated alkanes) is 1. The predicted molar refractivity (Wildman–Crippen MR) is 578 cm³/mol. The summed E-state index contributed by atoms with van der Waals surface area (Å²) in [7, 11) is -73.9. The quantitative estimate of drug-likeness (QED) is 0.0236. The first-order valence-electron chi connectivity index (χ1n) is 44.2. The molecule has 59 heteroatoms. The monoisotopic (exact) mass is 2270 g/mol. The lowest BCUT2D eigenvalue weighted by Gasteiger charge is -2.45. The van der Waals surface area contributed by atoms with E-state index in [1.807, 2.05) is 158 Å². The molecule has 0 amide bonds. The van der Waals surface area contributed by atoms with Crippen LogP contribution in [0.5, 0.6) is 0 Å². The Kier molecular flexibility index (Phi) is 51.9. The highest BCUT2D eigenvalue weighted by Crippen LogP contribution is 2.38. The van der Waals surface area contributed by atoms with Crippen molar-refractivity contribution in [1.82, 2.24) is 0 Å². The first-order valence-corrected chi connectivity index (χ1v) is 121. The first-order chi connectivity index (χ1) is 55.1. The predicted octanol–water partition coefficient (Wildman–Crippen LogP) is 24.0. The molecule has 0 aromatic heterocycles. The Bertz CT molecular complexity index is 3340. The minimum atomic E-state index is -2.93. The van der Waals surface area contributed by atoms with Gasteiger partial charge in [0.15, 0.2) is 16.6 Å². The van der Waals surface area contributed by atoms with Crippen LogP contribution < -0.4 is 0 Å². The van der Waals surface area contributed by atoms with Gasteiger partial charge < -0.3 is 126 Å². The van der Waals surface area contributed by atoms with E-state index in [9.17, 15) is 9.59 Å². The molecule has 0 N–H and O–H groups in total. The van der Waals surface area contributed by atoms with Gasteiger partial charge in [0.1, 0.15) is 0 Å². The van der Waals surface area contributed by atoms with Gasteiger partial charge in [0, 0.05) is 0 Å². The molecule has 0 heterocycles. The van der Waals surface area contributed by atoms with Gasteiger partial charge in [-0.05, 0) is 373 Å². The van der Waals surface area contributed by atoms with Gasteiger partial charge in [-0.1, -0.05) is 33.4 Å². The Morgan fingerprint density at radius 1 is 0.197 bits per heavy atom. The minimum absolute atomic E-state index is 0.273. The van der Waals surface area contributed by atoms with Crippen LogP contribution in [0.4, 0.5) is 9.59 Å². The number of methoxy groups -OCH3 is 1. The van der Waals surface area contributed by atoms with E-state index in [1.165, 1.54) is 7.11 Å². The van der Waals surface area contributed by atoms with Gasteiger partial charge in [0.25, 0.3) is 0 Å². The number of hydrogen-bond acceptors (Lipinski definition) is 32. The molecule has 0 fully saturated rings. The van der Waals surface area contributed by atoms with E-state index < -0.39 is 243 Å². The summed E-state index contributed by atoms with van der Waals surface area (Å²) in [4.78, 5) is 21.4. The van der Waals surface area contributed by atoms with Gasteiger partial charge in [-0.25, -0.2) is 9.59 Å². The molecule has 0 bridgehead atoms. The molecule has 0 rings (SSSR count). The third-order valence-electron chi connectivity index (χ3n) is 14.8. The molecule has 0 aliphatic rings. The molecule has 0 aliphatic heterocycles. The number of rotatable bonds is 59. The Balaban J connectivity index is -0.0000162. The van der Waals surface area contributed by atoms with Crippen LogP contribution in [-0.4, -0.2) is 257 Å². The fourth-order valence-corrected chi connectivity index (χ4v) is 157. The summed E-state index contributed by atoms with van der Waals surface area (Å²) in [6.07, 6.45) is 2.13. The fraction of sp³-hybridized carbons (Fsp3) is 0.912. The third kappa shape index (κ3) is 67.0. The van der Waals surface area contributed by atoms with Crippen molar-refractivity contribution < 1.29 is 136 Å². The zero-order chi connectivity index (χ0) is 102. The molecule has 127 heavy (non-hydrogen) atoms. The van der Waals surface area contributed by atoms with Crippen LogP contribution in [0.1, 0.15) is 26.7 Å². The first kappa shape index (κ1) is 134. The van der Waals surface area contributed by atoms with Crippen molar-refractivity contribution in [2.75, 3.05) is 13.7 Å². The van der Waals surface area contributed by atoms with Gasteiger partial charge in [0.05, 0.1) is 26.2 Å². The molecule has 0 aromatic rings. The maximum atomic E-state index is 11.5. The summed E-state index contributed by atoms with van der Waals surface area (Å²) in [6.45, 7) is 125. The van der Waals surface area contributed by atoms with Crippen molar-refractivity contribution in [2.24, 2.45) is 0 Å². The minimum Gasteiger partial charge on any atom is -0.437 e. The molecule has 0 aromatic carbocycles. The summed E-state index contributed by atoms with van der Waals surface area (Å²) < 4.78 is 198. The summed E-state index contributed by atoms with van der Waals surface area (Å²) >= 11 is 0. The molecule has 0 aliphatic carbocycles. The Hall–Kier alpha value is 2.84. The molecule has 0 unspecified atom stereocenters. The number of carbonyl (C=O) groups excluding carboxylic acids is 2. The Morgan fingerprint density at radius 3 is 0.441 bits per heavy atom. The van der Waals surface area contributed by atoms with E-state index in [-0.39, 0.29) is 6.61 Å². The lowest BCUT2D eigenvalue weighted by Crippen LogP contribution is -2.63. The Morgan fingerprint density at radius 2 is 0.323 bits per heavy atom. The third-order valence-corrected chi connectivity index (χ3v) is 119. The van der Waals surface area contributed by atoms with Crippen LogP contribution in [0, 0.1) is 0 Å². The fourth-order valence-electron chi connectivity index (χ4n) is 17.2. The van der Waals surface area contributed by atoms with E-state index in [1.54, 1.807) is 0 Å². The van der Waals surface area contributed by atoms with Gasteiger partial charge in [-0.2, -0.15) is 0 Å². The van der Waals surface area contributed by atoms with Crippen LogP contribution in [0.15, 0.2) is 25.7 Å². The van der Waals surface area contributed by atoms with E-state index in [4.69, 9.17) is 112 Å². The van der Waals surface area contributed by atoms with Crippen molar-refractivity contribution in [1.29, 1.82) is 0 Å². The van der Waals surface area contributed by atoms with E-state index in [0.29, 0.717) is 6.42 Å². The molecule has 0 atom stereocenters. The average Bonchev–Trinajstić information content (AvgIpc) is 0.800. The van der Waals surface area contributed by atoms with E-state index >= 15 is 0 Å². The summed E-state index contributed by atoms with van der Waals surface area (Å²) in [5.74, 6) is 0. The molecule has 32 nitrogen and oxygen atoms in total. The summed E-state index contributed by atoms with van der Waals surface area (Å²) in [5.41, 5.74) is 0. The van der Waals surface area contributed by atoms with Crippen molar-refractivity contribution in [2.45, 2.75) is 393 Å². The van der Waals surface area contributed by atoms with E-state index in [0.717, 1.165) is 25.0 Å². The lowest BCUT2D eigenvalue weighted by atomic mass is 10.4. The van der Waals surface area contributed by atoms with Crippen molar-refractivity contribution >= 4 is 243 Å². The molecule has 0 saturated carbocycles. The van der Waals surface area contributed by atoms with Crippen molar-refractivity contribution in [3.63, 3.8) is 0 Å². The second-order valence-electron chi connectivity index (χ2n) is 44.1. The van der Waals surface area contributed by atoms with Gasteiger partial charge >= 0.3 is 226 Å². The standard InChI is InChI=1S/C62H176O29Si27.C4H6O3.C2H6/c1-57-64-62(63)65-60-58-59-61-93(5,6)67-95(9,10)69-97(13,14)71-99(17,18)73-101(21,22)75-103(25,26)77-105(29,30)79-107(33,34)81-109(37,38)83-111(41,42)85-113(45,46)87-115(49,50)89-117(53,54)91-118(55,56)90-116(51,52)88-114(47,48)86-112(43,44)84-110(39,40)82-108(35,36)80-106(31,32)78-104(27,28)76-102(23,24)74-100(19,20)72-98(15,16)70-96(11,12)68-94(7,8)66-92(2,3)4;1-3-7-4(5)6-2;1-2/h57H,1,58-61H2,2-56H3;3H,1H2,2H3;1-2H3. The highest BCUT2D eigenvalue weighted by Gasteiger charge is 2.57. The summed E-state index contributed by atoms with van der Waals surface area (Å²) in [5, 5.41) is 0.